The molecule has 0 spiro atoms. The van der Waals surface area contributed by atoms with Crippen molar-refractivity contribution < 1.29 is 4.92 Å². The van der Waals surface area contributed by atoms with Crippen LogP contribution in [-0.2, 0) is 6.54 Å². The van der Waals surface area contributed by atoms with Crippen LogP contribution in [0.4, 0.5) is 11.4 Å². The lowest BCUT2D eigenvalue weighted by molar-refractivity contribution is -0.385. The molecule has 0 aliphatic heterocycles. The van der Waals surface area contributed by atoms with Gasteiger partial charge in [0.25, 0.3) is 5.69 Å². The van der Waals surface area contributed by atoms with E-state index in [1.54, 1.807) is 19.1 Å². The van der Waals surface area contributed by atoms with Crippen molar-refractivity contribution in [2.75, 3.05) is 5.32 Å². The van der Waals surface area contributed by atoms with E-state index >= 15 is 0 Å². The number of nitro benzene ring substituents is 1. The van der Waals surface area contributed by atoms with E-state index in [2.05, 4.69) is 21.2 Å². The molecule has 19 heavy (non-hydrogen) atoms. The molecule has 2 rings (SSSR count). The molecule has 0 radical (unpaired) electrons. The van der Waals surface area contributed by atoms with E-state index in [1.807, 2.05) is 24.3 Å². The Kier molecular flexibility index (Phi) is 4.16. The fraction of sp³-hybridized carbons (Fsp3) is 0.143. The zero-order valence-electron chi connectivity index (χ0n) is 10.4. The summed E-state index contributed by atoms with van der Waals surface area (Å²) < 4.78 is 1.03. The van der Waals surface area contributed by atoms with Gasteiger partial charge >= 0.3 is 0 Å². The topological polar surface area (TPSA) is 55.2 Å². The Hall–Kier alpha value is -1.88. The number of hydrogen-bond acceptors (Lipinski definition) is 3. The van der Waals surface area contributed by atoms with Gasteiger partial charge in [0.15, 0.2) is 0 Å². The van der Waals surface area contributed by atoms with Gasteiger partial charge < -0.3 is 5.32 Å². The van der Waals surface area contributed by atoms with Gasteiger partial charge in [0.1, 0.15) is 0 Å². The largest absolute Gasteiger partial charge is 0.381 e. The normalized spacial score (nSPS) is 10.2. The smallest absolute Gasteiger partial charge is 0.272 e. The molecule has 98 valence electrons. The van der Waals surface area contributed by atoms with Crippen LogP contribution in [0.25, 0.3) is 0 Å². The number of hydrogen-bond donors (Lipinski definition) is 1. The first-order valence-corrected chi connectivity index (χ1v) is 6.59. The molecule has 0 aromatic heterocycles. The Balaban J connectivity index is 2.08. The van der Waals surface area contributed by atoms with Gasteiger partial charge in [-0.25, -0.2) is 0 Å². The van der Waals surface area contributed by atoms with Crippen LogP contribution in [0.2, 0.25) is 0 Å². The minimum Gasteiger partial charge on any atom is -0.381 e. The fourth-order valence-corrected chi connectivity index (χ4v) is 2.27. The molecule has 0 amide bonds. The van der Waals surface area contributed by atoms with Crippen molar-refractivity contribution in [3.63, 3.8) is 0 Å². The average molecular weight is 321 g/mol. The SMILES string of the molecule is Cc1cc(NCc2cccc(Br)c2)ccc1[N+](=O)[O-]. The summed E-state index contributed by atoms with van der Waals surface area (Å²) in [6.45, 7) is 2.42. The number of rotatable bonds is 4. The first kappa shape index (κ1) is 13.5. The molecule has 2 aromatic rings. The number of halogens is 1. The number of nitrogens with one attached hydrogen (secondary N) is 1. The Labute approximate surface area is 119 Å². The molecular formula is C14H13BrN2O2. The first-order valence-electron chi connectivity index (χ1n) is 5.79. The molecule has 0 fully saturated rings. The Morgan fingerprint density at radius 2 is 2.05 bits per heavy atom. The van der Waals surface area contributed by atoms with Crippen LogP contribution < -0.4 is 5.32 Å². The third-order valence-electron chi connectivity index (χ3n) is 2.78. The van der Waals surface area contributed by atoms with Crippen molar-refractivity contribution in [1.29, 1.82) is 0 Å². The van der Waals surface area contributed by atoms with Crippen LogP contribution in [0, 0.1) is 17.0 Å². The minimum atomic E-state index is -0.368. The van der Waals surface area contributed by atoms with Crippen molar-refractivity contribution in [3.05, 3.63) is 68.2 Å². The van der Waals surface area contributed by atoms with Crippen molar-refractivity contribution in [3.8, 4) is 0 Å². The minimum absolute atomic E-state index is 0.146. The number of nitro groups is 1. The highest BCUT2D eigenvalue weighted by Gasteiger charge is 2.09. The molecule has 1 N–H and O–H groups in total. The molecule has 0 aliphatic rings. The molecule has 0 heterocycles. The van der Waals surface area contributed by atoms with Gasteiger partial charge in [0.2, 0.25) is 0 Å². The van der Waals surface area contributed by atoms with Crippen LogP contribution in [0.15, 0.2) is 46.9 Å². The van der Waals surface area contributed by atoms with Crippen LogP contribution in [-0.4, -0.2) is 4.92 Å². The second-order valence-corrected chi connectivity index (χ2v) is 5.16. The molecular weight excluding hydrogens is 308 g/mol. The molecule has 2 aromatic carbocycles. The Morgan fingerprint density at radius 3 is 2.68 bits per heavy atom. The van der Waals surface area contributed by atoms with E-state index in [9.17, 15) is 10.1 Å². The van der Waals surface area contributed by atoms with E-state index < -0.39 is 0 Å². The highest BCUT2D eigenvalue weighted by molar-refractivity contribution is 9.10. The third-order valence-corrected chi connectivity index (χ3v) is 3.27. The lowest BCUT2D eigenvalue weighted by atomic mass is 10.1. The Bertz CT molecular complexity index is 614. The van der Waals surface area contributed by atoms with Crippen LogP contribution >= 0.6 is 15.9 Å². The second-order valence-electron chi connectivity index (χ2n) is 4.24. The van der Waals surface area contributed by atoms with Crippen LogP contribution in [0.1, 0.15) is 11.1 Å². The summed E-state index contributed by atoms with van der Waals surface area (Å²) >= 11 is 3.42. The molecule has 5 heteroatoms. The summed E-state index contributed by atoms with van der Waals surface area (Å²) in [5.41, 5.74) is 2.82. The van der Waals surface area contributed by atoms with Crippen molar-refractivity contribution in [2.45, 2.75) is 13.5 Å². The second kappa shape index (κ2) is 5.84. The molecule has 0 aliphatic carbocycles. The maximum absolute atomic E-state index is 10.7. The maximum atomic E-state index is 10.7. The molecule has 0 bridgehead atoms. The van der Waals surface area contributed by atoms with Crippen molar-refractivity contribution in [1.82, 2.24) is 0 Å². The number of nitrogens with zero attached hydrogens (tertiary/aromatic N) is 1. The summed E-state index contributed by atoms with van der Waals surface area (Å²) in [5.74, 6) is 0. The summed E-state index contributed by atoms with van der Waals surface area (Å²) in [6.07, 6.45) is 0. The number of benzene rings is 2. The first-order chi connectivity index (χ1) is 9.06. The van der Waals surface area contributed by atoms with Crippen LogP contribution in [0.3, 0.4) is 0 Å². The lowest BCUT2D eigenvalue weighted by Crippen LogP contribution is -2.00. The van der Waals surface area contributed by atoms with Gasteiger partial charge in [0, 0.05) is 28.3 Å². The molecule has 0 saturated carbocycles. The standard InChI is InChI=1S/C14H13BrN2O2/c1-10-7-13(5-6-14(10)17(18)19)16-9-11-3-2-4-12(15)8-11/h2-8,16H,9H2,1H3. The molecule has 0 saturated heterocycles. The van der Waals surface area contributed by atoms with Gasteiger partial charge in [-0.1, -0.05) is 28.1 Å². The summed E-state index contributed by atoms with van der Waals surface area (Å²) in [4.78, 5) is 10.4. The average Bonchev–Trinajstić information content (AvgIpc) is 2.36. The summed E-state index contributed by atoms with van der Waals surface area (Å²) in [6, 6.07) is 13.0. The maximum Gasteiger partial charge on any atom is 0.272 e. The van der Waals surface area contributed by atoms with Gasteiger partial charge in [-0.05, 0) is 36.8 Å². The number of aryl methyl sites for hydroxylation is 1. The number of anilines is 1. The molecule has 0 unspecified atom stereocenters. The Morgan fingerprint density at radius 1 is 1.26 bits per heavy atom. The van der Waals surface area contributed by atoms with E-state index in [-0.39, 0.29) is 10.6 Å². The monoisotopic (exact) mass is 320 g/mol. The highest BCUT2D eigenvalue weighted by Crippen LogP contribution is 2.22. The van der Waals surface area contributed by atoms with Gasteiger partial charge in [-0.15, -0.1) is 0 Å². The predicted octanol–water partition coefficient (Wildman–Crippen LogP) is 4.28. The zero-order valence-corrected chi connectivity index (χ0v) is 12.0. The summed E-state index contributed by atoms with van der Waals surface area (Å²) in [7, 11) is 0. The van der Waals surface area contributed by atoms with Crippen molar-refractivity contribution >= 4 is 27.3 Å². The fourth-order valence-electron chi connectivity index (χ4n) is 1.82. The lowest BCUT2D eigenvalue weighted by Gasteiger charge is -2.08. The van der Waals surface area contributed by atoms with E-state index in [1.165, 1.54) is 6.07 Å². The van der Waals surface area contributed by atoms with E-state index in [0.717, 1.165) is 15.7 Å². The van der Waals surface area contributed by atoms with Crippen LogP contribution in [0.5, 0.6) is 0 Å². The van der Waals surface area contributed by atoms with Crippen molar-refractivity contribution in [2.24, 2.45) is 0 Å². The van der Waals surface area contributed by atoms with Gasteiger partial charge in [-0.2, -0.15) is 0 Å². The molecule has 0 atom stereocenters. The zero-order chi connectivity index (χ0) is 13.8. The molecule has 4 nitrogen and oxygen atoms in total. The quantitative estimate of drug-likeness (QED) is 0.675. The van der Waals surface area contributed by atoms with E-state index in [4.69, 9.17) is 0 Å². The highest BCUT2D eigenvalue weighted by atomic mass is 79.9. The van der Waals surface area contributed by atoms with Gasteiger partial charge in [0.05, 0.1) is 4.92 Å². The third kappa shape index (κ3) is 3.54. The van der Waals surface area contributed by atoms with Gasteiger partial charge in [-0.3, -0.25) is 10.1 Å². The predicted molar refractivity (Wildman–Crippen MR) is 79.3 cm³/mol. The summed E-state index contributed by atoms with van der Waals surface area (Å²) in [5, 5.41) is 14.0. The van der Waals surface area contributed by atoms with E-state index in [0.29, 0.717) is 12.1 Å².